The highest BCUT2D eigenvalue weighted by molar-refractivity contribution is 7.92. The molecule has 0 heterocycles. The van der Waals surface area contributed by atoms with Crippen LogP contribution in [0.5, 0.6) is 0 Å². The van der Waals surface area contributed by atoms with Crippen LogP contribution in [-0.4, -0.2) is 47.5 Å². The van der Waals surface area contributed by atoms with E-state index in [4.69, 9.17) is 4.74 Å². The van der Waals surface area contributed by atoms with Crippen LogP contribution < -0.4 is 14.9 Å². The summed E-state index contributed by atoms with van der Waals surface area (Å²) in [5.41, 5.74) is 1.93. The van der Waals surface area contributed by atoms with Gasteiger partial charge in [-0.2, -0.15) is 0 Å². The summed E-state index contributed by atoms with van der Waals surface area (Å²) in [6.45, 7) is 2.82. The number of rotatable bonds is 10. The number of ether oxygens (including phenoxy) is 1. The second-order valence-electron chi connectivity index (χ2n) is 7.90. The molecule has 0 saturated carbocycles. The number of sulfonamides is 1. The van der Waals surface area contributed by atoms with Crippen LogP contribution in [0, 0.1) is 6.92 Å². The Bertz CT molecular complexity index is 1290. The standard InChI is InChI=1S/C26H29N3O5S/c1-19-13-15-20(16-14-19)35(32,33)29(2)24-12-7-5-10-22(24)26(31)28-23-11-6-4-9-21(23)25(30)27-17-8-18-34-3/h4-7,9-16H,8,17-18H2,1-3H3,(H,27,30)(H,28,31). The van der Waals surface area contributed by atoms with Crippen molar-refractivity contribution in [2.45, 2.75) is 18.2 Å². The van der Waals surface area contributed by atoms with Gasteiger partial charge in [-0.25, -0.2) is 8.42 Å². The average molecular weight is 496 g/mol. The summed E-state index contributed by atoms with van der Waals surface area (Å²) in [5.74, 6) is -0.865. The third kappa shape index (κ3) is 6.26. The quantitative estimate of drug-likeness (QED) is 0.416. The number of hydrogen-bond acceptors (Lipinski definition) is 5. The Hall–Kier alpha value is -3.69. The number of carbonyl (C=O) groups is 2. The molecule has 0 bridgehead atoms. The molecule has 8 nitrogen and oxygen atoms in total. The van der Waals surface area contributed by atoms with E-state index in [2.05, 4.69) is 10.6 Å². The summed E-state index contributed by atoms with van der Waals surface area (Å²) < 4.78 is 32.5. The summed E-state index contributed by atoms with van der Waals surface area (Å²) in [7, 11) is -0.899. The molecule has 0 aliphatic heterocycles. The lowest BCUT2D eigenvalue weighted by Crippen LogP contribution is -2.29. The number of benzene rings is 3. The Morgan fingerprint density at radius 2 is 1.51 bits per heavy atom. The van der Waals surface area contributed by atoms with Crippen LogP contribution in [-0.2, 0) is 14.8 Å². The zero-order valence-corrected chi connectivity index (χ0v) is 20.8. The molecule has 0 aliphatic carbocycles. The first kappa shape index (κ1) is 25.9. The average Bonchev–Trinajstić information content (AvgIpc) is 2.86. The molecule has 0 fully saturated rings. The Labute approximate surface area is 206 Å². The Kier molecular flexibility index (Phi) is 8.62. The highest BCUT2D eigenvalue weighted by Crippen LogP contribution is 2.27. The number of anilines is 2. The normalized spacial score (nSPS) is 11.1. The molecular formula is C26H29N3O5S. The van der Waals surface area contributed by atoms with Gasteiger partial charge >= 0.3 is 0 Å². The van der Waals surface area contributed by atoms with E-state index < -0.39 is 15.9 Å². The van der Waals surface area contributed by atoms with Gasteiger partial charge in [0.1, 0.15) is 0 Å². The van der Waals surface area contributed by atoms with Crippen molar-refractivity contribution in [2.24, 2.45) is 0 Å². The first-order valence-electron chi connectivity index (χ1n) is 11.1. The van der Waals surface area contributed by atoms with Crippen molar-refractivity contribution in [3.05, 3.63) is 89.5 Å². The van der Waals surface area contributed by atoms with Crippen LogP contribution in [0.1, 0.15) is 32.7 Å². The van der Waals surface area contributed by atoms with E-state index in [9.17, 15) is 18.0 Å². The van der Waals surface area contributed by atoms with E-state index in [0.717, 1.165) is 9.87 Å². The van der Waals surface area contributed by atoms with Crippen LogP contribution in [0.25, 0.3) is 0 Å². The fourth-order valence-corrected chi connectivity index (χ4v) is 4.65. The van der Waals surface area contributed by atoms with E-state index in [1.807, 2.05) is 6.92 Å². The van der Waals surface area contributed by atoms with Crippen molar-refractivity contribution in [2.75, 3.05) is 36.9 Å². The van der Waals surface area contributed by atoms with Crippen LogP contribution in [0.2, 0.25) is 0 Å². The highest BCUT2D eigenvalue weighted by Gasteiger charge is 2.25. The number of aryl methyl sites for hydroxylation is 1. The molecule has 2 N–H and O–H groups in total. The van der Waals surface area contributed by atoms with Gasteiger partial charge < -0.3 is 15.4 Å². The minimum atomic E-state index is -3.90. The van der Waals surface area contributed by atoms with Gasteiger partial charge in [-0.15, -0.1) is 0 Å². The third-order valence-electron chi connectivity index (χ3n) is 5.40. The molecule has 3 rings (SSSR count). The van der Waals surface area contributed by atoms with Crippen LogP contribution in [0.4, 0.5) is 11.4 Å². The lowest BCUT2D eigenvalue weighted by Gasteiger charge is -2.22. The summed E-state index contributed by atoms with van der Waals surface area (Å²) in [6.07, 6.45) is 0.659. The largest absolute Gasteiger partial charge is 0.385 e. The van der Waals surface area contributed by atoms with Gasteiger partial charge in [-0.05, 0) is 49.7 Å². The van der Waals surface area contributed by atoms with Gasteiger partial charge in [0.2, 0.25) is 0 Å². The molecular weight excluding hydrogens is 466 g/mol. The van der Waals surface area contributed by atoms with Gasteiger partial charge in [-0.3, -0.25) is 13.9 Å². The first-order valence-corrected chi connectivity index (χ1v) is 12.5. The number of carbonyl (C=O) groups excluding carboxylic acids is 2. The third-order valence-corrected chi connectivity index (χ3v) is 7.18. The fraction of sp³-hybridized carbons (Fsp3) is 0.231. The maximum Gasteiger partial charge on any atom is 0.264 e. The molecule has 0 radical (unpaired) electrons. The zero-order chi connectivity index (χ0) is 25.4. The summed E-state index contributed by atoms with van der Waals surface area (Å²) in [5, 5.41) is 5.56. The maximum atomic E-state index is 13.2. The van der Waals surface area contributed by atoms with E-state index in [-0.39, 0.29) is 22.1 Å². The predicted molar refractivity (Wildman–Crippen MR) is 136 cm³/mol. The van der Waals surface area contributed by atoms with Crippen LogP contribution in [0.15, 0.2) is 77.7 Å². The lowest BCUT2D eigenvalue weighted by atomic mass is 10.1. The van der Waals surface area contributed by atoms with E-state index >= 15 is 0 Å². The van der Waals surface area contributed by atoms with Gasteiger partial charge in [0.25, 0.3) is 21.8 Å². The SMILES string of the molecule is COCCCNC(=O)c1ccccc1NC(=O)c1ccccc1N(C)S(=O)(=O)c1ccc(C)cc1. The molecule has 0 atom stereocenters. The molecule has 0 aromatic heterocycles. The Morgan fingerprint density at radius 3 is 2.20 bits per heavy atom. The van der Waals surface area contributed by atoms with Gasteiger partial charge in [0, 0.05) is 27.3 Å². The Morgan fingerprint density at radius 1 is 0.886 bits per heavy atom. The van der Waals surface area contributed by atoms with Crippen molar-refractivity contribution in [1.82, 2.24) is 5.32 Å². The molecule has 3 aromatic rings. The number of nitrogens with one attached hydrogen (secondary N) is 2. The molecule has 2 amide bonds. The molecule has 0 spiro atoms. The second-order valence-corrected chi connectivity index (χ2v) is 9.87. The predicted octanol–water partition coefficient (Wildman–Crippen LogP) is 3.84. The highest BCUT2D eigenvalue weighted by atomic mass is 32.2. The number of para-hydroxylation sites is 2. The van der Waals surface area contributed by atoms with Gasteiger partial charge in [0.05, 0.1) is 27.4 Å². The molecule has 3 aromatic carbocycles. The number of methoxy groups -OCH3 is 1. The topological polar surface area (TPSA) is 105 Å². The number of nitrogens with zero attached hydrogens (tertiary/aromatic N) is 1. The molecule has 0 unspecified atom stereocenters. The van der Waals surface area contributed by atoms with Crippen LogP contribution in [0.3, 0.4) is 0 Å². The van der Waals surface area contributed by atoms with Crippen molar-refractivity contribution >= 4 is 33.2 Å². The summed E-state index contributed by atoms with van der Waals surface area (Å²) in [6, 6.07) is 19.6. The minimum Gasteiger partial charge on any atom is -0.385 e. The van der Waals surface area contributed by atoms with Crippen molar-refractivity contribution in [3.8, 4) is 0 Å². The minimum absolute atomic E-state index is 0.122. The summed E-state index contributed by atoms with van der Waals surface area (Å²) in [4.78, 5) is 26.0. The van der Waals surface area contributed by atoms with E-state index in [1.165, 1.54) is 19.2 Å². The maximum absolute atomic E-state index is 13.2. The van der Waals surface area contributed by atoms with Crippen LogP contribution >= 0.6 is 0 Å². The summed E-state index contributed by atoms with van der Waals surface area (Å²) >= 11 is 0. The second kappa shape index (κ2) is 11.6. The molecule has 9 heteroatoms. The molecule has 35 heavy (non-hydrogen) atoms. The number of hydrogen-bond donors (Lipinski definition) is 2. The van der Waals surface area contributed by atoms with Crippen molar-refractivity contribution in [3.63, 3.8) is 0 Å². The Balaban J connectivity index is 1.85. The first-order chi connectivity index (χ1) is 16.8. The molecule has 0 aliphatic rings. The molecule has 184 valence electrons. The smallest absolute Gasteiger partial charge is 0.264 e. The number of amides is 2. The van der Waals surface area contributed by atoms with E-state index in [0.29, 0.717) is 30.8 Å². The molecule has 0 saturated heterocycles. The monoisotopic (exact) mass is 495 g/mol. The zero-order valence-electron chi connectivity index (χ0n) is 19.9. The van der Waals surface area contributed by atoms with Gasteiger partial charge in [0.15, 0.2) is 0 Å². The van der Waals surface area contributed by atoms with Gasteiger partial charge in [-0.1, -0.05) is 42.0 Å². The lowest BCUT2D eigenvalue weighted by molar-refractivity contribution is 0.0949. The van der Waals surface area contributed by atoms with Crippen molar-refractivity contribution in [1.29, 1.82) is 0 Å². The van der Waals surface area contributed by atoms with E-state index in [1.54, 1.807) is 67.8 Å². The van der Waals surface area contributed by atoms with Crippen molar-refractivity contribution < 1.29 is 22.7 Å². The fourth-order valence-electron chi connectivity index (χ4n) is 3.43.